The molecule has 0 unspecified atom stereocenters. The van der Waals surface area contributed by atoms with Crippen LogP contribution >= 0.6 is 11.8 Å². The first-order valence-electron chi connectivity index (χ1n) is 9.69. The lowest BCUT2D eigenvalue weighted by molar-refractivity contribution is -0.122. The maximum Gasteiger partial charge on any atom is 0.243 e. The second kappa shape index (κ2) is 10.7. The number of rotatable bonds is 10. The zero-order valence-corrected chi connectivity index (χ0v) is 19.1. The quantitative estimate of drug-likeness (QED) is 0.576. The topological polar surface area (TPSA) is 66.5 Å². The molecule has 0 aliphatic heterocycles. The van der Waals surface area contributed by atoms with Crippen LogP contribution in [0, 0.1) is 13.8 Å². The lowest BCUT2D eigenvalue weighted by Gasteiger charge is -2.30. The number of hydrogen-bond donors (Lipinski definition) is 1. The molecule has 0 bridgehead atoms. The molecule has 29 heavy (non-hydrogen) atoms. The molecule has 2 rings (SSSR count). The molecule has 0 radical (unpaired) electrons. The third kappa shape index (κ3) is 7.08. The highest BCUT2D eigenvalue weighted by molar-refractivity contribution is 7.98. The number of carbonyl (C=O) groups excluding carboxylic acids is 1. The van der Waals surface area contributed by atoms with Gasteiger partial charge in [0.15, 0.2) is 0 Å². The molecule has 0 aromatic heterocycles. The van der Waals surface area contributed by atoms with E-state index in [-0.39, 0.29) is 5.91 Å². The Morgan fingerprint density at radius 1 is 1.10 bits per heavy atom. The first-order chi connectivity index (χ1) is 13.7. The summed E-state index contributed by atoms with van der Waals surface area (Å²) in [4.78, 5) is 12.8. The minimum atomic E-state index is -3.61. The van der Waals surface area contributed by atoms with Crippen LogP contribution in [0.25, 0.3) is 0 Å². The van der Waals surface area contributed by atoms with Gasteiger partial charge in [-0.05, 0) is 49.1 Å². The summed E-state index contributed by atoms with van der Waals surface area (Å²) in [6.45, 7) is 6.16. The van der Waals surface area contributed by atoms with Gasteiger partial charge in [0.25, 0.3) is 0 Å². The van der Waals surface area contributed by atoms with Gasteiger partial charge in [-0.25, -0.2) is 8.42 Å². The van der Waals surface area contributed by atoms with E-state index >= 15 is 0 Å². The Balaban J connectivity index is 2.02. The Hall–Kier alpha value is -1.99. The average molecular weight is 435 g/mol. The van der Waals surface area contributed by atoms with Crippen LogP contribution in [0.3, 0.4) is 0 Å². The number of sulfonamides is 1. The number of nitrogens with zero attached hydrogens (tertiary/aromatic N) is 1. The van der Waals surface area contributed by atoms with Crippen LogP contribution in [0.2, 0.25) is 0 Å². The lowest BCUT2D eigenvalue weighted by atomic mass is 10.1. The van der Waals surface area contributed by atoms with E-state index in [1.165, 1.54) is 9.87 Å². The van der Waals surface area contributed by atoms with Crippen molar-refractivity contribution in [1.82, 2.24) is 5.32 Å². The van der Waals surface area contributed by atoms with Crippen LogP contribution < -0.4 is 9.62 Å². The van der Waals surface area contributed by atoms with E-state index in [0.29, 0.717) is 18.7 Å². The number of benzene rings is 2. The summed E-state index contributed by atoms with van der Waals surface area (Å²) in [6, 6.07) is 15.0. The fraction of sp³-hybridized carbons (Fsp3) is 0.409. The van der Waals surface area contributed by atoms with Crippen molar-refractivity contribution < 1.29 is 13.2 Å². The molecule has 1 atom stereocenters. The van der Waals surface area contributed by atoms with Gasteiger partial charge in [0.2, 0.25) is 15.9 Å². The molecule has 0 aliphatic carbocycles. The Morgan fingerprint density at radius 2 is 1.72 bits per heavy atom. The number of thioether (sulfide) groups is 1. The fourth-order valence-corrected chi connectivity index (χ4v) is 5.28. The van der Waals surface area contributed by atoms with E-state index in [1.807, 2.05) is 45.0 Å². The van der Waals surface area contributed by atoms with E-state index in [1.54, 1.807) is 23.9 Å². The molecule has 1 amide bonds. The third-order valence-corrected chi connectivity index (χ3v) is 6.66. The van der Waals surface area contributed by atoms with Gasteiger partial charge in [-0.15, -0.1) is 0 Å². The molecule has 0 aliphatic rings. The third-order valence-electron chi connectivity index (χ3n) is 4.45. The molecule has 1 N–H and O–H groups in total. The van der Waals surface area contributed by atoms with E-state index in [4.69, 9.17) is 0 Å². The molecule has 2 aromatic carbocycles. The number of hydrogen-bond acceptors (Lipinski definition) is 4. The number of nitrogens with one attached hydrogen (secondary N) is 1. The standard InChI is InChI=1S/C22H30N2O3S2/c1-5-21(22(25)23-11-12-28-16-19-9-7-6-8-10-19)24(29(4,26)27)20-14-17(2)13-18(3)15-20/h6-10,13-15,21H,5,11-12,16H2,1-4H3,(H,23,25)/t21-/m0/s1. The molecule has 0 spiro atoms. The summed E-state index contributed by atoms with van der Waals surface area (Å²) in [7, 11) is -3.61. The Bertz CT molecular complexity index is 895. The summed E-state index contributed by atoms with van der Waals surface area (Å²) in [5, 5.41) is 2.91. The van der Waals surface area contributed by atoms with Crippen molar-refractivity contribution in [2.45, 2.75) is 39.0 Å². The predicted octanol–water partition coefficient (Wildman–Crippen LogP) is 3.90. The van der Waals surface area contributed by atoms with Gasteiger partial charge in [-0.1, -0.05) is 43.3 Å². The summed E-state index contributed by atoms with van der Waals surface area (Å²) in [5.41, 5.74) is 3.70. The SMILES string of the molecule is CC[C@@H](C(=O)NCCSCc1ccccc1)N(c1cc(C)cc(C)c1)S(C)(=O)=O. The predicted molar refractivity (Wildman–Crippen MR) is 123 cm³/mol. The van der Waals surface area contributed by atoms with Crippen molar-refractivity contribution >= 4 is 33.4 Å². The maximum atomic E-state index is 12.8. The van der Waals surface area contributed by atoms with Crippen molar-refractivity contribution in [1.29, 1.82) is 0 Å². The molecule has 0 heterocycles. The van der Waals surface area contributed by atoms with E-state index in [0.717, 1.165) is 28.9 Å². The monoisotopic (exact) mass is 434 g/mol. The van der Waals surface area contributed by atoms with Crippen molar-refractivity contribution in [3.8, 4) is 0 Å². The minimum absolute atomic E-state index is 0.266. The highest BCUT2D eigenvalue weighted by Crippen LogP contribution is 2.25. The number of aryl methyl sites for hydroxylation is 2. The van der Waals surface area contributed by atoms with Crippen LogP contribution in [-0.4, -0.2) is 38.9 Å². The van der Waals surface area contributed by atoms with Crippen LogP contribution in [-0.2, 0) is 20.6 Å². The first-order valence-corrected chi connectivity index (χ1v) is 12.7. The molecule has 2 aromatic rings. The van der Waals surface area contributed by atoms with Crippen molar-refractivity contribution in [2.75, 3.05) is 22.9 Å². The molecule has 5 nitrogen and oxygen atoms in total. The number of carbonyl (C=O) groups is 1. The highest BCUT2D eigenvalue weighted by atomic mass is 32.2. The number of anilines is 1. The van der Waals surface area contributed by atoms with Gasteiger partial charge in [-0.3, -0.25) is 9.10 Å². The molecule has 0 saturated carbocycles. The molecular formula is C22H30N2O3S2. The maximum absolute atomic E-state index is 12.8. The Kier molecular flexibility index (Phi) is 8.59. The second-order valence-electron chi connectivity index (χ2n) is 7.16. The molecule has 7 heteroatoms. The normalized spacial score (nSPS) is 12.4. The largest absolute Gasteiger partial charge is 0.353 e. The average Bonchev–Trinajstić information content (AvgIpc) is 2.64. The molecule has 0 fully saturated rings. The van der Waals surface area contributed by atoms with E-state index < -0.39 is 16.1 Å². The van der Waals surface area contributed by atoms with Gasteiger partial charge >= 0.3 is 0 Å². The van der Waals surface area contributed by atoms with Gasteiger partial charge in [0.05, 0.1) is 11.9 Å². The first kappa shape index (κ1) is 23.3. The molecular weight excluding hydrogens is 404 g/mol. The van der Waals surface area contributed by atoms with Crippen LogP contribution in [0.5, 0.6) is 0 Å². The summed E-state index contributed by atoms with van der Waals surface area (Å²) < 4.78 is 26.3. The molecule has 0 saturated heterocycles. The van der Waals surface area contributed by atoms with Crippen molar-refractivity contribution in [3.05, 3.63) is 65.2 Å². The van der Waals surface area contributed by atoms with Crippen molar-refractivity contribution in [3.63, 3.8) is 0 Å². The van der Waals surface area contributed by atoms with Gasteiger partial charge in [0.1, 0.15) is 6.04 Å². The Labute approximate surface area is 178 Å². The van der Waals surface area contributed by atoms with Crippen molar-refractivity contribution in [2.24, 2.45) is 0 Å². The Morgan fingerprint density at radius 3 is 2.28 bits per heavy atom. The lowest BCUT2D eigenvalue weighted by Crippen LogP contribution is -2.49. The zero-order chi connectivity index (χ0) is 21.4. The van der Waals surface area contributed by atoms with E-state index in [2.05, 4.69) is 17.4 Å². The smallest absolute Gasteiger partial charge is 0.243 e. The van der Waals surface area contributed by atoms with Gasteiger partial charge in [0, 0.05) is 18.1 Å². The van der Waals surface area contributed by atoms with Gasteiger partial charge in [-0.2, -0.15) is 11.8 Å². The van der Waals surface area contributed by atoms with Crippen LogP contribution in [0.15, 0.2) is 48.5 Å². The fourth-order valence-electron chi connectivity index (χ4n) is 3.27. The minimum Gasteiger partial charge on any atom is -0.353 e. The summed E-state index contributed by atoms with van der Waals surface area (Å²) >= 11 is 1.74. The zero-order valence-electron chi connectivity index (χ0n) is 17.5. The summed E-state index contributed by atoms with van der Waals surface area (Å²) in [6.07, 6.45) is 1.54. The van der Waals surface area contributed by atoms with Gasteiger partial charge < -0.3 is 5.32 Å². The second-order valence-corrected chi connectivity index (χ2v) is 10.1. The van der Waals surface area contributed by atoms with Crippen LogP contribution in [0.1, 0.15) is 30.0 Å². The summed E-state index contributed by atoms with van der Waals surface area (Å²) in [5.74, 6) is 1.38. The van der Waals surface area contributed by atoms with E-state index in [9.17, 15) is 13.2 Å². The number of amides is 1. The van der Waals surface area contributed by atoms with Crippen LogP contribution in [0.4, 0.5) is 5.69 Å². The highest BCUT2D eigenvalue weighted by Gasteiger charge is 2.31. The molecule has 158 valence electrons.